The monoisotopic (exact) mass is 236 g/mol. The Morgan fingerprint density at radius 1 is 1.41 bits per heavy atom. The van der Waals surface area contributed by atoms with Gasteiger partial charge in [-0.15, -0.1) is 10.2 Å². The summed E-state index contributed by atoms with van der Waals surface area (Å²) in [6.45, 7) is 2.04. The van der Waals surface area contributed by atoms with E-state index in [1.54, 1.807) is 4.57 Å². The quantitative estimate of drug-likeness (QED) is 0.818. The smallest absolute Gasteiger partial charge is 0.170 e. The summed E-state index contributed by atoms with van der Waals surface area (Å²) in [7, 11) is 1.84. The first-order chi connectivity index (χ1) is 8.08. The number of benzene rings is 1. The number of ether oxygens (including phenoxy) is 1. The van der Waals surface area contributed by atoms with Crippen LogP contribution in [0, 0.1) is 12.7 Å². The number of hydrogen-bond acceptors (Lipinski definition) is 4. The third kappa shape index (κ3) is 2.35. The Kier molecular flexibility index (Phi) is 2.95. The van der Waals surface area contributed by atoms with Gasteiger partial charge in [0.1, 0.15) is 24.0 Å². The van der Waals surface area contributed by atoms with Crippen LogP contribution in [0.15, 0.2) is 18.2 Å². The van der Waals surface area contributed by atoms with Crippen molar-refractivity contribution in [1.82, 2.24) is 14.8 Å². The SMILES string of the molecule is Cc1nnc(COc2cc(F)ccc2N)n1C. The van der Waals surface area contributed by atoms with Crippen molar-refractivity contribution in [1.29, 1.82) is 0 Å². The van der Waals surface area contributed by atoms with E-state index < -0.39 is 0 Å². The number of aromatic nitrogens is 3. The first-order valence-electron chi connectivity index (χ1n) is 5.10. The van der Waals surface area contributed by atoms with E-state index in [0.717, 1.165) is 5.82 Å². The molecule has 1 aromatic heterocycles. The third-order valence-corrected chi connectivity index (χ3v) is 2.52. The lowest BCUT2D eigenvalue weighted by Gasteiger charge is -2.08. The lowest BCUT2D eigenvalue weighted by Crippen LogP contribution is -2.05. The van der Waals surface area contributed by atoms with E-state index in [1.165, 1.54) is 18.2 Å². The molecule has 0 spiro atoms. The van der Waals surface area contributed by atoms with Crippen molar-refractivity contribution in [2.75, 3.05) is 5.73 Å². The van der Waals surface area contributed by atoms with Crippen molar-refractivity contribution in [2.24, 2.45) is 7.05 Å². The normalized spacial score (nSPS) is 10.5. The molecule has 0 fully saturated rings. The molecular formula is C11H13FN4O. The maximum Gasteiger partial charge on any atom is 0.170 e. The molecule has 2 N–H and O–H groups in total. The minimum Gasteiger partial charge on any atom is -0.483 e. The molecule has 5 nitrogen and oxygen atoms in total. The average Bonchev–Trinajstić information content (AvgIpc) is 2.62. The molecule has 0 aliphatic carbocycles. The second-order valence-corrected chi connectivity index (χ2v) is 3.69. The van der Waals surface area contributed by atoms with Gasteiger partial charge in [0.05, 0.1) is 5.69 Å². The number of nitrogens with zero attached hydrogens (tertiary/aromatic N) is 3. The highest BCUT2D eigenvalue weighted by Gasteiger charge is 2.07. The Balaban J connectivity index is 2.12. The van der Waals surface area contributed by atoms with Gasteiger partial charge in [0, 0.05) is 13.1 Å². The van der Waals surface area contributed by atoms with Crippen LogP contribution < -0.4 is 10.5 Å². The molecule has 2 aromatic rings. The molecule has 90 valence electrons. The second-order valence-electron chi connectivity index (χ2n) is 3.69. The van der Waals surface area contributed by atoms with Crippen LogP contribution in [0.25, 0.3) is 0 Å². The van der Waals surface area contributed by atoms with Crippen LogP contribution >= 0.6 is 0 Å². The highest BCUT2D eigenvalue weighted by atomic mass is 19.1. The van der Waals surface area contributed by atoms with Gasteiger partial charge in [-0.1, -0.05) is 0 Å². The van der Waals surface area contributed by atoms with Crippen LogP contribution in [0.3, 0.4) is 0 Å². The van der Waals surface area contributed by atoms with Crippen molar-refractivity contribution in [3.63, 3.8) is 0 Å². The maximum atomic E-state index is 13.0. The molecule has 0 saturated heterocycles. The molecule has 0 unspecified atom stereocenters. The van der Waals surface area contributed by atoms with Crippen molar-refractivity contribution in [3.05, 3.63) is 35.7 Å². The first-order valence-corrected chi connectivity index (χ1v) is 5.10. The fourth-order valence-electron chi connectivity index (χ4n) is 1.35. The molecule has 17 heavy (non-hydrogen) atoms. The Morgan fingerprint density at radius 3 is 2.82 bits per heavy atom. The molecule has 2 rings (SSSR count). The number of nitrogen functional groups attached to an aromatic ring is 1. The highest BCUT2D eigenvalue weighted by molar-refractivity contribution is 5.52. The predicted molar refractivity (Wildman–Crippen MR) is 60.9 cm³/mol. The van der Waals surface area contributed by atoms with Crippen LogP contribution in [-0.4, -0.2) is 14.8 Å². The molecular weight excluding hydrogens is 223 g/mol. The van der Waals surface area contributed by atoms with E-state index in [9.17, 15) is 4.39 Å². The topological polar surface area (TPSA) is 66.0 Å². The molecule has 0 aliphatic heterocycles. The molecule has 0 aliphatic rings. The number of rotatable bonds is 3. The van der Waals surface area contributed by atoms with E-state index in [1.807, 2.05) is 14.0 Å². The molecule has 0 saturated carbocycles. The first kappa shape index (κ1) is 11.4. The fourth-order valence-corrected chi connectivity index (χ4v) is 1.35. The summed E-state index contributed by atoms with van der Waals surface area (Å²) >= 11 is 0. The Bertz CT molecular complexity index is 538. The van der Waals surface area contributed by atoms with E-state index in [2.05, 4.69) is 10.2 Å². The van der Waals surface area contributed by atoms with E-state index in [-0.39, 0.29) is 12.4 Å². The minimum absolute atomic E-state index is 0.199. The van der Waals surface area contributed by atoms with Gasteiger partial charge in [0.25, 0.3) is 0 Å². The fraction of sp³-hybridized carbons (Fsp3) is 0.273. The molecule has 0 radical (unpaired) electrons. The lowest BCUT2D eigenvalue weighted by molar-refractivity contribution is 0.291. The van der Waals surface area contributed by atoms with Crippen LogP contribution in [0.5, 0.6) is 5.75 Å². The zero-order chi connectivity index (χ0) is 12.4. The number of aryl methyl sites for hydroxylation is 1. The largest absolute Gasteiger partial charge is 0.483 e. The van der Waals surface area contributed by atoms with Gasteiger partial charge in [-0.2, -0.15) is 0 Å². The summed E-state index contributed by atoms with van der Waals surface area (Å²) in [5, 5.41) is 7.83. The van der Waals surface area contributed by atoms with Crippen molar-refractivity contribution in [2.45, 2.75) is 13.5 Å². The third-order valence-electron chi connectivity index (χ3n) is 2.52. The van der Waals surface area contributed by atoms with Gasteiger partial charge >= 0.3 is 0 Å². The van der Waals surface area contributed by atoms with Crippen molar-refractivity contribution >= 4 is 5.69 Å². The molecule has 0 atom stereocenters. The number of nitrogens with two attached hydrogens (primary N) is 1. The highest BCUT2D eigenvalue weighted by Crippen LogP contribution is 2.22. The van der Waals surface area contributed by atoms with E-state index in [4.69, 9.17) is 10.5 Å². The van der Waals surface area contributed by atoms with E-state index in [0.29, 0.717) is 17.3 Å². The summed E-state index contributed by atoms with van der Waals surface area (Å²) in [6, 6.07) is 4.00. The Labute approximate surface area is 98.0 Å². The molecule has 1 aromatic carbocycles. The molecule has 0 bridgehead atoms. The summed E-state index contributed by atoms with van der Waals surface area (Å²) in [5.74, 6) is 1.37. The second kappa shape index (κ2) is 4.40. The standard InChI is InChI=1S/C11H13FN4O/c1-7-14-15-11(16(7)2)6-17-10-5-8(12)3-4-9(10)13/h3-5H,6,13H2,1-2H3. The van der Waals surface area contributed by atoms with Crippen molar-refractivity contribution < 1.29 is 9.13 Å². The van der Waals surface area contributed by atoms with Gasteiger partial charge in [0.15, 0.2) is 5.82 Å². The van der Waals surface area contributed by atoms with Crippen LogP contribution in [0.1, 0.15) is 11.6 Å². The Hall–Kier alpha value is -2.11. The van der Waals surface area contributed by atoms with E-state index >= 15 is 0 Å². The average molecular weight is 236 g/mol. The molecule has 0 amide bonds. The summed E-state index contributed by atoms with van der Waals surface area (Å²) in [6.07, 6.45) is 0. The molecule has 1 heterocycles. The van der Waals surface area contributed by atoms with Crippen LogP contribution in [0.4, 0.5) is 10.1 Å². The van der Waals surface area contributed by atoms with Gasteiger partial charge in [-0.3, -0.25) is 0 Å². The van der Waals surface area contributed by atoms with Gasteiger partial charge in [-0.25, -0.2) is 4.39 Å². The van der Waals surface area contributed by atoms with Crippen LogP contribution in [0.2, 0.25) is 0 Å². The maximum absolute atomic E-state index is 13.0. The molecule has 6 heteroatoms. The van der Waals surface area contributed by atoms with Gasteiger partial charge < -0.3 is 15.0 Å². The summed E-state index contributed by atoms with van der Waals surface area (Å²) in [5.41, 5.74) is 6.06. The number of anilines is 1. The van der Waals surface area contributed by atoms with Gasteiger partial charge in [0.2, 0.25) is 0 Å². The predicted octanol–water partition coefficient (Wildman–Crippen LogP) is 1.42. The number of halogens is 1. The minimum atomic E-state index is -0.386. The van der Waals surface area contributed by atoms with Crippen LogP contribution in [-0.2, 0) is 13.7 Å². The number of hydrogen-bond donors (Lipinski definition) is 1. The zero-order valence-electron chi connectivity index (χ0n) is 9.64. The van der Waals surface area contributed by atoms with Gasteiger partial charge in [-0.05, 0) is 19.1 Å². The summed E-state index contributed by atoms with van der Waals surface area (Å²) in [4.78, 5) is 0. The zero-order valence-corrected chi connectivity index (χ0v) is 9.64. The summed E-state index contributed by atoms with van der Waals surface area (Å²) < 4.78 is 20.2. The Morgan fingerprint density at radius 2 is 2.18 bits per heavy atom. The van der Waals surface area contributed by atoms with Crippen molar-refractivity contribution in [3.8, 4) is 5.75 Å². The lowest BCUT2D eigenvalue weighted by atomic mass is 10.3.